The van der Waals surface area contributed by atoms with Gasteiger partial charge in [0.1, 0.15) is 5.60 Å². The molecular weight excluding hydrogens is 390 g/mol. The molecule has 0 saturated carbocycles. The van der Waals surface area contributed by atoms with E-state index in [1.165, 1.54) is 18.3 Å². The Morgan fingerprint density at radius 3 is 2.81 bits per heavy atom. The van der Waals surface area contributed by atoms with Crippen molar-refractivity contribution < 1.29 is 14.3 Å². The predicted octanol–water partition coefficient (Wildman–Crippen LogP) is 4.65. The number of hydrogen-bond donors (Lipinski definition) is 1. The van der Waals surface area contributed by atoms with Crippen LogP contribution in [0.4, 0.5) is 4.39 Å². The predicted molar refractivity (Wildman–Crippen MR) is 100 cm³/mol. The Hall–Kier alpha value is -2.00. The molecule has 0 saturated heterocycles. The van der Waals surface area contributed by atoms with Crippen molar-refractivity contribution in [1.29, 1.82) is 5.26 Å². The van der Waals surface area contributed by atoms with Gasteiger partial charge in [-0.3, -0.25) is 9.78 Å². The highest BCUT2D eigenvalue weighted by Gasteiger charge is 2.51. The van der Waals surface area contributed by atoms with Crippen molar-refractivity contribution in [3.05, 3.63) is 63.4 Å². The van der Waals surface area contributed by atoms with Gasteiger partial charge in [0.25, 0.3) is 0 Å². The zero-order valence-electron chi connectivity index (χ0n) is 14.4. The number of nitriles is 1. The van der Waals surface area contributed by atoms with Gasteiger partial charge in [0.15, 0.2) is 11.5 Å². The van der Waals surface area contributed by atoms with Gasteiger partial charge in [-0.15, -0.1) is 0 Å². The van der Waals surface area contributed by atoms with E-state index in [1.54, 1.807) is 18.2 Å². The fourth-order valence-electron chi connectivity index (χ4n) is 3.49. The molecule has 0 bridgehead atoms. The van der Waals surface area contributed by atoms with Crippen LogP contribution >= 0.6 is 23.2 Å². The van der Waals surface area contributed by atoms with Crippen molar-refractivity contribution in [3.63, 3.8) is 0 Å². The number of aromatic nitrogens is 1. The number of hydrogen-bond acceptors (Lipinski definition) is 4. The molecule has 3 rings (SSSR count). The first kappa shape index (κ1) is 19.8. The van der Waals surface area contributed by atoms with E-state index >= 15 is 4.39 Å². The molecule has 4 nitrogen and oxygen atoms in total. The van der Waals surface area contributed by atoms with Crippen molar-refractivity contribution >= 4 is 29.0 Å². The first-order valence-electron chi connectivity index (χ1n) is 8.51. The molecule has 7 heteroatoms. The second-order valence-corrected chi connectivity index (χ2v) is 7.57. The summed E-state index contributed by atoms with van der Waals surface area (Å²) in [5.41, 5.74) is -2.97. The number of benzene rings is 1. The molecule has 0 radical (unpaired) electrons. The Bertz CT molecular complexity index is 930. The number of Topliss-reactive ketones (excluding diaryl/α,β-unsaturated/α-hetero) is 1. The third-order valence-electron chi connectivity index (χ3n) is 5.01. The minimum Gasteiger partial charge on any atom is -0.382 e. The van der Waals surface area contributed by atoms with Crippen LogP contribution < -0.4 is 0 Å². The fourth-order valence-corrected chi connectivity index (χ4v) is 3.99. The maximum Gasteiger partial charge on any atom is 0.195 e. The number of nitrogens with zero attached hydrogens (tertiary/aromatic N) is 2. The molecule has 0 amide bonds. The van der Waals surface area contributed by atoms with Crippen LogP contribution in [-0.4, -0.2) is 15.9 Å². The lowest BCUT2D eigenvalue weighted by Gasteiger charge is -2.38. The van der Waals surface area contributed by atoms with Crippen LogP contribution in [0, 0.1) is 11.3 Å². The van der Waals surface area contributed by atoms with Crippen molar-refractivity contribution in [1.82, 2.24) is 4.98 Å². The van der Waals surface area contributed by atoms with E-state index in [9.17, 15) is 9.90 Å². The van der Waals surface area contributed by atoms with Gasteiger partial charge in [-0.1, -0.05) is 35.3 Å². The third kappa shape index (κ3) is 3.70. The number of pyridine rings is 1. The number of carbonyl (C=O) groups is 1. The highest BCUT2D eigenvalue weighted by atomic mass is 35.5. The van der Waals surface area contributed by atoms with Crippen molar-refractivity contribution in [2.45, 2.75) is 43.4 Å². The first-order chi connectivity index (χ1) is 12.8. The summed E-state index contributed by atoms with van der Waals surface area (Å²) < 4.78 is 15.8. The van der Waals surface area contributed by atoms with Crippen LogP contribution in [-0.2, 0) is 22.5 Å². The number of carbonyl (C=O) groups excluding carboxylic acids is 1. The quantitative estimate of drug-likeness (QED) is 0.783. The molecule has 2 atom stereocenters. The highest BCUT2D eigenvalue weighted by molar-refractivity contribution is 6.35. The summed E-state index contributed by atoms with van der Waals surface area (Å²) in [5.74, 6) is -0.596. The average Bonchev–Trinajstić information content (AvgIpc) is 2.65. The number of rotatable bonds is 5. The second kappa shape index (κ2) is 7.55. The van der Waals surface area contributed by atoms with E-state index in [2.05, 4.69) is 4.98 Å². The molecule has 140 valence electrons. The molecule has 27 heavy (non-hydrogen) atoms. The summed E-state index contributed by atoms with van der Waals surface area (Å²) in [7, 11) is 0. The lowest BCUT2D eigenvalue weighted by molar-refractivity contribution is -0.134. The van der Waals surface area contributed by atoms with Crippen LogP contribution in [0.1, 0.15) is 42.5 Å². The normalized spacial score (nSPS) is 24.1. The van der Waals surface area contributed by atoms with Crippen molar-refractivity contribution in [2.24, 2.45) is 0 Å². The largest absolute Gasteiger partial charge is 0.382 e. The molecular formula is C20H17Cl2FN2O2. The van der Waals surface area contributed by atoms with Crippen LogP contribution in [0.15, 0.2) is 36.5 Å². The summed E-state index contributed by atoms with van der Waals surface area (Å²) in [4.78, 5) is 16.9. The minimum atomic E-state index is -2.25. The Morgan fingerprint density at radius 2 is 2.11 bits per heavy atom. The zero-order valence-corrected chi connectivity index (χ0v) is 15.9. The maximum absolute atomic E-state index is 15.8. The maximum atomic E-state index is 15.8. The van der Waals surface area contributed by atoms with Gasteiger partial charge < -0.3 is 5.11 Å². The average molecular weight is 407 g/mol. The van der Waals surface area contributed by atoms with Gasteiger partial charge in [-0.05, 0) is 43.0 Å². The third-order valence-corrected chi connectivity index (χ3v) is 5.60. The van der Waals surface area contributed by atoms with Gasteiger partial charge in [-0.2, -0.15) is 5.26 Å². The first-order valence-corrected chi connectivity index (χ1v) is 9.27. The number of aliphatic hydroxyl groups is 1. The van der Waals surface area contributed by atoms with Crippen LogP contribution in [0.2, 0.25) is 10.0 Å². The van der Waals surface area contributed by atoms with Crippen molar-refractivity contribution in [3.8, 4) is 6.07 Å². The Balaban J connectivity index is 1.87. The van der Waals surface area contributed by atoms with Crippen LogP contribution in [0.25, 0.3) is 0 Å². The number of halogens is 3. The molecule has 0 spiro atoms. The molecule has 1 heterocycles. The van der Waals surface area contributed by atoms with E-state index in [-0.39, 0.29) is 43.4 Å². The smallest absolute Gasteiger partial charge is 0.195 e. The summed E-state index contributed by atoms with van der Waals surface area (Å²) >= 11 is 12.0. The van der Waals surface area contributed by atoms with Crippen LogP contribution in [0.3, 0.4) is 0 Å². The summed E-state index contributed by atoms with van der Waals surface area (Å²) in [6.45, 7) is 0. The number of alkyl halides is 1. The Morgan fingerprint density at radius 1 is 1.33 bits per heavy atom. The topological polar surface area (TPSA) is 74.0 Å². The second-order valence-electron chi connectivity index (χ2n) is 6.73. The van der Waals surface area contributed by atoms with Crippen LogP contribution in [0.5, 0.6) is 0 Å². The van der Waals surface area contributed by atoms with E-state index in [0.717, 1.165) is 0 Å². The van der Waals surface area contributed by atoms with Gasteiger partial charge in [0, 0.05) is 28.2 Å². The Kier molecular flexibility index (Phi) is 5.53. The number of ketones is 1. The van der Waals surface area contributed by atoms with Gasteiger partial charge >= 0.3 is 0 Å². The number of aryl methyl sites for hydroxylation is 1. The van der Waals surface area contributed by atoms with Gasteiger partial charge in [-0.25, -0.2) is 4.39 Å². The molecule has 1 N–H and O–H groups in total. The van der Waals surface area contributed by atoms with E-state index in [1.807, 2.05) is 6.07 Å². The molecule has 1 aromatic carbocycles. The van der Waals surface area contributed by atoms with Gasteiger partial charge in [0.05, 0.1) is 18.2 Å². The highest BCUT2D eigenvalue weighted by Crippen LogP contribution is 2.47. The van der Waals surface area contributed by atoms with E-state index < -0.39 is 17.1 Å². The van der Waals surface area contributed by atoms with Crippen molar-refractivity contribution in [2.75, 3.05) is 0 Å². The fraction of sp³-hybridized carbons (Fsp3) is 0.350. The molecule has 0 unspecified atom stereocenters. The summed E-state index contributed by atoms with van der Waals surface area (Å²) in [6, 6.07) is 9.85. The standard InChI is InChI=1S/C20H17Cl2FN2O2/c21-14-5-3-13(16(22)12-14)4-6-17(26)20(23)8-7-19(27,9-10-24)18-15(20)2-1-11-25-18/h1-3,5,11-12,27H,4,6-9H2/t19-,20+/m1/s1. The van der Waals surface area contributed by atoms with Gasteiger partial charge in [0.2, 0.25) is 0 Å². The summed E-state index contributed by atoms with van der Waals surface area (Å²) in [5, 5.41) is 20.6. The molecule has 1 aromatic heterocycles. The van der Waals surface area contributed by atoms with E-state index in [4.69, 9.17) is 28.5 Å². The monoisotopic (exact) mass is 406 g/mol. The Labute approximate surface area is 166 Å². The molecule has 1 aliphatic rings. The molecule has 1 aliphatic carbocycles. The molecule has 2 aromatic rings. The lowest BCUT2D eigenvalue weighted by Crippen LogP contribution is -2.43. The zero-order chi connectivity index (χ0) is 19.7. The molecule has 0 fully saturated rings. The minimum absolute atomic E-state index is 0.0428. The lowest BCUT2D eigenvalue weighted by atomic mass is 9.71. The van der Waals surface area contributed by atoms with E-state index in [0.29, 0.717) is 15.6 Å². The summed E-state index contributed by atoms with van der Waals surface area (Å²) in [6.07, 6.45) is 1.19. The number of fused-ring (bicyclic) bond motifs is 1. The molecule has 0 aliphatic heterocycles. The SMILES string of the molecule is N#CC[C@]1(O)CC[C@@](F)(C(=O)CCc2ccc(Cl)cc2Cl)c2cccnc21.